The summed E-state index contributed by atoms with van der Waals surface area (Å²) in [7, 11) is 3.33. The van der Waals surface area contributed by atoms with Gasteiger partial charge in [-0.15, -0.1) is 0 Å². The van der Waals surface area contributed by atoms with Crippen molar-refractivity contribution in [1.82, 2.24) is 14.9 Å². The first-order valence-electron chi connectivity index (χ1n) is 10.6. The predicted octanol–water partition coefficient (Wildman–Crippen LogP) is 4.13. The zero-order valence-electron chi connectivity index (χ0n) is 18.9. The summed E-state index contributed by atoms with van der Waals surface area (Å²) >= 11 is 0. The van der Waals surface area contributed by atoms with Crippen LogP contribution in [-0.4, -0.2) is 54.1 Å². The quantitative estimate of drug-likeness (QED) is 0.590. The van der Waals surface area contributed by atoms with E-state index in [1.165, 1.54) is 6.08 Å². The van der Waals surface area contributed by atoms with Crippen LogP contribution in [0.15, 0.2) is 43.1 Å². The van der Waals surface area contributed by atoms with Crippen LogP contribution in [0.4, 0.5) is 5.95 Å². The molecule has 0 saturated carbocycles. The summed E-state index contributed by atoms with van der Waals surface area (Å²) in [5, 5.41) is 4.30. The summed E-state index contributed by atoms with van der Waals surface area (Å²) in [5.74, 6) is 2.11. The van der Waals surface area contributed by atoms with Crippen LogP contribution in [0, 0.1) is 13.8 Å². The van der Waals surface area contributed by atoms with Crippen LogP contribution in [0.25, 0.3) is 22.0 Å². The maximum absolute atomic E-state index is 11.8. The van der Waals surface area contributed by atoms with E-state index >= 15 is 0 Å². The van der Waals surface area contributed by atoms with Crippen molar-refractivity contribution in [3.8, 4) is 22.6 Å². The maximum Gasteiger partial charge on any atom is 0.246 e. The molecule has 1 unspecified atom stereocenters. The number of carbonyl (C=O) groups is 1. The van der Waals surface area contributed by atoms with Gasteiger partial charge >= 0.3 is 0 Å². The lowest BCUT2D eigenvalue weighted by Crippen LogP contribution is -2.30. The van der Waals surface area contributed by atoms with Crippen molar-refractivity contribution in [2.45, 2.75) is 26.3 Å². The van der Waals surface area contributed by atoms with Gasteiger partial charge < -0.3 is 19.7 Å². The number of hydrogen-bond donors (Lipinski definition) is 1. The fraction of sp³-hybridized carbons (Fsp3) is 0.320. The smallest absolute Gasteiger partial charge is 0.246 e. The SMILES string of the molecule is C=CC(=O)N1CCC(Nc2ncc3cc(-c4c(C)c(OC)cc(OC)c4C)ccc3n2)C1. The number of anilines is 1. The predicted molar refractivity (Wildman–Crippen MR) is 126 cm³/mol. The number of methoxy groups -OCH3 is 2. The van der Waals surface area contributed by atoms with Gasteiger partial charge in [-0.2, -0.15) is 0 Å². The van der Waals surface area contributed by atoms with Crippen LogP contribution in [0.5, 0.6) is 11.5 Å². The topological polar surface area (TPSA) is 76.6 Å². The number of hydrogen-bond acceptors (Lipinski definition) is 6. The lowest BCUT2D eigenvalue weighted by molar-refractivity contribution is -0.125. The Kier molecular flexibility index (Phi) is 5.99. The summed E-state index contributed by atoms with van der Waals surface area (Å²) in [5.41, 5.74) is 5.12. The zero-order valence-corrected chi connectivity index (χ0v) is 18.9. The van der Waals surface area contributed by atoms with Gasteiger partial charge in [0.05, 0.1) is 19.7 Å². The highest BCUT2D eigenvalue weighted by molar-refractivity contribution is 5.88. The molecule has 1 aliphatic heterocycles. The van der Waals surface area contributed by atoms with Crippen molar-refractivity contribution in [2.75, 3.05) is 32.6 Å². The molecule has 3 aromatic rings. The highest BCUT2D eigenvalue weighted by Crippen LogP contribution is 2.39. The van der Waals surface area contributed by atoms with Gasteiger partial charge in [0, 0.05) is 36.8 Å². The third-order valence-electron chi connectivity index (χ3n) is 6.07. The summed E-state index contributed by atoms with van der Waals surface area (Å²) in [6.45, 7) is 9.00. The molecule has 1 amide bonds. The number of nitrogens with zero attached hydrogens (tertiary/aromatic N) is 3. The molecule has 1 aliphatic rings. The van der Waals surface area contributed by atoms with Gasteiger partial charge in [-0.1, -0.05) is 12.6 Å². The van der Waals surface area contributed by atoms with E-state index in [1.54, 1.807) is 19.1 Å². The average Bonchev–Trinajstić information content (AvgIpc) is 3.27. The first-order chi connectivity index (χ1) is 15.4. The van der Waals surface area contributed by atoms with Gasteiger partial charge in [0.25, 0.3) is 0 Å². The Hall–Kier alpha value is -3.61. The number of amides is 1. The van der Waals surface area contributed by atoms with Crippen molar-refractivity contribution in [3.63, 3.8) is 0 Å². The molecular weight excluding hydrogens is 404 g/mol. The molecule has 0 spiro atoms. The van der Waals surface area contributed by atoms with Gasteiger partial charge in [-0.25, -0.2) is 9.97 Å². The van der Waals surface area contributed by atoms with Crippen LogP contribution in [0.3, 0.4) is 0 Å². The normalized spacial score (nSPS) is 15.6. The summed E-state index contributed by atoms with van der Waals surface area (Å²) in [6.07, 6.45) is 4.04. The standard InChI is InChI=1S/C25H28N4O3/c1-6-23(30)29-10-9-19(14-29)27-25-26-13-18-11-17(7-8-20(18)28-25)24-15(2)21(31-4)12-22(32-5)16(24)3/h6-8,11-13,19H,1,9-10,14H2,2-5H3,(H,26,27,28). The van der Waals surface area contributed by atoms with E-state index in [0.29, 0.717) is 19.0 Å². The number of ether oxygens (including phenoxy) is 2. The molecule has 1 aromatic heterocycles. The highest BCUT2D eigenvalue weighted by Gasteiger charge is 2.25. The summed E-state index contributed by atoms with van der Waals surface area (Å²) in [4.78, 5) is 22.8. The number of rotatable bonds is 6. The average molecular weight is 433 g/mol. The molecular formula is C25H28N4O3. The zero-order chi connectivity index (χ0) is 22.8. The number of fused-ring (bicyclic) bond motifs is 1. The Bertz CT molecular complexity index is 1160. The fourth-order valence-electron chi connectivity index (χ4n) is 4.37. The number of nitrogens with one attached hydrogen (secondary N) is 1. The number of aromatic nitrogens is 2. The Labute approximate surface area is 188 Å². The lowest BCUT2D eigenvalue weighted by atomic mass is 9.93. The molecule has 166 valence electrons. The second kappa shape index (κ2) is 8.86. The summed E-state index contributed by atoms with van der Waals surface area (Å²) in [6, 6.07) is 8.21. The van der Waals surface area contributed by atoms with Crippen LogP contribution in [-0.2, 0) is 4.79 Å². The minimum atomic E-state index is -0.0407. The molecule has 2 aromatic carbocycles. The van der Waals surface area contributed by atoms with Crippen LogP contribution in [0.2, 0.25) is 0 Å². The minimum Gasteiger partial charge on any atom is -0.496 e. The first-order valence-corrected chi connectivity index (χ1v) is 10.6. The maximum atomic E-state index is 11.8. The molecule has 1 fully saturated rings. The molecule has 0 radical (unpaired) electrons. The van der Waals surface area contributed by atoms with E-state index in [0.717, 1.165) is 51.1 Å². The van der Waals surface area contributed by atoms with Gasteiger partial charge in [0.1, 0.15) is 11.5 Å². The van der Waals surface area contributed by atoms with E-state index in [9.17, 15) is 4.79 Å². The third-order valence-corrected chi connectivity index (χ3v) is 6.07. The van der Waals surface area contributed by atoms with Gasteiger partial charge in [0.15, 0.2) is 0 Å². The second-order valence-corrected chi connectivity index (χ2v) is 7.99. The monoisotopic (exact) mass is 432 g/mol. The molecule has 7 nitrogen and oxygen atoms in total. The van der Waals surface area contributed by atoms with E-state index in [2.05, 4.69) is 47.8 Å². The minimum absolute atomic E-state index is 0.0407. The van der Waals surface area contributed by atoms with Crippen molar-refractivity contribution in [2.24, 2.45) is 0 Å². The number of likely N-dealkylation sites (tertiary alicyclic amines) is 1. The van der Waals surface area contributed by atoms with E-state index in [1.807, 2.05) is 18.3 Å². The molecule has 1 N–H and O–H groups in total. The fourth-order valence-corrected chi connectivity index (χ4v) is 4.37. The van der Waals surface area contributed by atoms with Crippen LogP contribution >= 0.6 is 0 Å². The molecule has 32 heavy (non-hydrogen) atoms. The molecule has 7 heteroatoms. The Balaban J connectivity index is 1.62. The van der Waals surface area contributed by atoms with Crippen LogP contribution in [0.1, 0.15) is 17.5 Å². The molecule has 4 rings (SSSR count). The molecule has 0 aliphatic carbocycles. The first kappa shape index (κ1) is 21.6. The lowest BCUT2D eigenvalue weighted by Gasteiger charge is -2.18. The van der Waals surface area contributed by atoms with E-state index < -0.39 is 0 Å². The number of benzene rings is 2. The summed E-state index contributed by atoms with van der Waals surface area (Å²) < 4.78 is 11.1. The Morgan fingerprint density at radius 3 is 2.56 bits per heavy atom. The Morgan fingerprint density at radius 1 is 1.19 bits per heavy atom. The van der Waals surface area contributed by atoms with Crippen molar-refractivity contribution in [1.29, 1.82) is 0 Å². The Morgan fingerprint density at radius 2 is 1.91 bits per heavy atom. The van der Waals surface area contributed by atoms with Crippen molar-refractivity contribution < 1.29 is 14.3 Å². The second-order valence-electron chi connectivity index (χ2n) is 7.99. The van der Waals surface area contributed by atoms with E-state index in [-0.39, 0.29) is 11.9 Å². The van der Waals surface area contributed by atoms with Crippen LogP contribution < -0.4 is 14.8 Å². The van der Waals surface area contributed by atoms with Crippen molar-refractivity contribution >= 4 is 22.8 Å². The molecule has 1 atom stereocenters. The van der Waals surface area contributed by atoms with Gasteiger partial charge in [-0.05, 0) is 60.7 Å². The van der Waals surface area contributed by atoms with Gasteiger partial charge in [0.2, 0.25) is 11.9 Å². The highest BCUT2D eigenvalue weighted by atomic mass is 16.5. The largest absolute Gasteiger partial charge is 0.496 e. The third kappa shape index (κ3) is 3.98. The number of carbonyl (C=O) groups excluding carboxylic acids is 1. The van der Waals surface area contributed by atoms with Gasteiger partial charge in [-0.3, -0.25) is 4.79 Å². The molecule has 2 heterocycles. The molecule has 0 bridgehead atoms. The van der Waals surface area contributed by atoms with E-state index in [4.69, 9.17) is 9.47 Å². The molecule has 1 saturated heterocycles. The van der Waals surface area contributed by atoms with Crippen molar-refractivity contribution in [3.05, 3.63) is 54.2 Å².